The highest BCUT2D eigenvalue weighted by atomic mass is 16.5. The number of ether oxygens (including phenoxy) is 2. The number of hydrogen-bond acceptors (Lipinski definition) is 5. The van der Waals surface area contributed by atoms with Crippen molar-refractivity contribution < 1.29 is 9.47 Å². The highest BCUT2D eigenvalue weighted by Gasteiger charge is 2.24. The summed E-state index contributed by atoms with van der Waals surface area (Å²) in [7, 11) is 0. The van der Waals surface area contributed by atoms with Crippen LogP contribution in [0.3, 0.4) is 0 Å². The molecule has 0 fully saturated rings. The molecule has 0 aliphatic rings. The molecule has 5 heteroatoms. The smallest absolute Gasteiger partial charge is 0.138 e. The van der Waals surface area contributed by atoms with Crippen LogP contribution in [0.1, 0.15) is 36.1 Å². The Morgan fingerprint density at radius 1 is 0.893 bits per heavy atom. The molecule has 0 amide bonds. The molecule has 1 heterocycles. The predicted octanol–water partition coefficient (Wildman–Crippen LogP) is 4.72. The summed E-state index contributed by atoms with van der Waals surface area (Å²) < 4.78 is 11.9. The first kappa shape index (κ1) is 18.9. The number of nitrogens with zero attached hydrogens (tertiary/aromatic N) is 3. The van der Waals surface area contributed by atoms with E-state index in [2.05, 4.69) is 17.1 Å². The van der Waals surface area contributed by atoms with Gasteiger partial charge in [0.2, 0.25) is 0 Å². The highest BCUT2D eigenvalue weighted by molar-refractivity contribution is 5.36. The molecule has 0 aliphatic heterocycles. The van der Waals surface area contributed by atoms with E-state index in [0.29, 0.717) is 29.2 Å². The molecule has 0 unspecified atom stereocenters. The molecule has 0 saturated carbocycles. The summed E-state index contributed by atoms with van der Waals surface area (Å²) in [5.74, 6) is 1.29. The Bertz CT molecular complexity index is 1040. The van der Waals surface area contributed by atoms with E-state index in [4.69, 9.17) is 20.0 Å². The molecule has 0 saturated heterocycles. The third-order valence-corrected chi connectivity index (χ3v) is 4.23. The van der Waals surface area contributed by atoms with E-state index in [1.807, 2.05) is 32.0 Å². The molecule has 5 nitrogen and oxygen atoms in total. The van der Waals surface area contributed by atoms with E-state index < -0.39 is 5.60 Å². The van der Waals surface area contributed by atoms with Crippen molar-refractivity contribution in [3.05, 3.63) is 89.2 Å². The number of hydrogen-bond donors (Lipinski definition) is 0. The summed E-state index contributed by atoms with van der Waals surface area (Å²) in [6, 6.07) is 20.4. The van der Waals surface area contributed by atoms with Crippen molar-refractivity contribution in [2.45, 2.75) is 26.1 Å². The fourth-order valence-corrected chi connectivity index (χ4v) is 2.68. The third kappa shape index (κ3) is 4.66. The lowest BCUT2D eigenvalue weighted by Crippen LogP contribution is -2.25. The molecule has 0 bridgehead atoms. The van der Waals surface area contributed by atoms with E-state index in [1.54, 1.807) is 48.8 Å². The van der Waals surface area contributed by atoms with Crippen LogP contribution in [0, 0.1) is 22.7 Å². The summed E-state index contributed by atoms with van der Waals surface area (Å²) >= 11 is 0. The van der Waals surface area contributed by atoms with Gasteiger partial charge in [0.25, 0.3) is 0 Å². The molecule has 0 spiro atoms. The van der Waals surface area contributed by atoms with Crippen molar-refractivity contribution >= 4 is 0 Å². The van der Waals surface area contributed by atoms with Gasteiger partial charge in [-0.25, -0.2) is 0 Å². The van der Waals surface area contributed by atoms with Gasteiger partial charge in [-0.1, -0.05) is 12.1 Å². The zero-order chi connectivity index (χ0) is 20.0. The van der Waals surface area contributed by atoms with Gasteiger partial charge in [0.1, 0.15) is 23.7 Å². The third-order valence-electron chi connectivity index (χ3n) is 4.23. The van der Waals surface area contributed by atoms with Crippen LogP contribution in [-0.2, 0) is 12.2 Å². The summed E-state index contributed by atoms with van der Waals surface area (Å²) in [4.78, 5) is 4.27. The summed E-state index contributed by atoms with van der Waals surface area (Å²) in [6.07, 6.45) is 3.39. The number of aromatic nitrogens is 1. The predicted molar refractivity (Wildman–Crippen MR) is 105 cm³/mol. The minimum absolute atomic E-state index is 0.345. The van der Waals surface area contributed by atoms with E-state index >= 15 is 0 Å². The molecule has 0 N–H and O–H groups in total. The molecule has 2 aromatic carbocycles. The Hall–Kier alpha value is -3.83. The number of rotatable bonds is 6. The van der Waals surface area contributed by atoms with Gasteiger partial charge >= 0.3 is 0 Å². The molecule has 0 atom stereocenters. The van der Waals surface area contributed by atoms with Crippen LogP contribution in [0.25, 0.3) is 0 Å². The topological polar surface area (TPSA) is 78.9 Å². The Morgan fingerprint density at radius 2 is 1.64 bits per heavy atom. The van der Waals surface area contributed by atoms with E-state index in [0.717, 1.165) is 11.1 Å². The van der Waals surface area contributed by atoms with Crippen molar-refractivity contribution in [2.24, 2.45) is 0 Å². The number of pyridine rings is 1. The summed E-state index contributed by atoms with van der Waals surface area (Å²) in [6.45, 7) is 4.24. The molecule has 28 heavy (non-hydrogen) atoms. The molecule has 3 rings (SSSR count). The van der Waals surface area contributed by atoms with E-state index in [-0.39, 0.29) is 0 Å². The summed E-state index contributed by atoms with van der Waals surface area (Å²) in [5, 5.41) is 17.9. The number of nitriles is 2. The largest absolute Gasteiger partial charge is 0.487 e. The molecule has 0 radical (unpaired) electrons. The Morgan fingerprint density at radius 3 is 2.36 bits per heavy atom. The van der Waals surface area contributed by atoms with Gasteiger partial charge in [0, 0.05) is 11.8 Å². The normalized spacial score (nSPS) is 10.6. The lowest BCUT2D eigenvalue weighted by Gasteiger charge is -2.27. The van der Waals surface area contributed by atoms with Crippen LogP contribution in [0.4, 0.5) is 0 Å². The van der Waals surface area contributed by atoms with Crippen LogP contribution in [-0.4, -0.2) is 4.98 Å². The number of benzene rings is 2. The zero-order valence-electron chi connectivity index (χ0n) is 15.7. The van der Waals surface area contributed by atoms with Gasteiger partial charge in [-0.05, 0) is 61.9 Å². The molecule has 0 aliphatic carbocycles. The quantitative estimate of drug-likeness (QED) is 0.628. The Kier molecular flexibility index (Phi) is 5.58. The van der Waals surface area contributed by atoms with Crippen LogP contribution in [0.15, 0.2) is 67.0 Å². The van der Waals surface area contributed by atoms with Gasteiger partial charge < -0.3 is 9.47 Å². The second-order valence-corrected chi connectivity index (χ2v) is 6.76. The van der Waals surface area contributed by atoms with Crippen molar-refractivity contribution in [3.8, 4) is 23.6 Å². The van der Waals surface area contributed by atoms with Gasteiger partial charge in [-0.3, -0.25) is 4.98 Å². The van der Waals surface area contributed by atoms with Gasteiger partial charge in [0.05, 0.1) is 29.5 Å². The molecular formula is C23H19N3O2. The SMILES string of the molecule is CC(C)(Oc1ccc(C#N)cc1)c1cncc(OCc2cccc(C#N)c2)c1. The van der Waals surface area contributed by atoms with E-state index in [1.165, 1.54) is 0 Å². The minimum atomic E-state index is -0.638. The summed E-state index contributed by atoms with van der Waals surface area (Å²) in [5.41, 5.74) is 2.33. The Balaban J connectivity index is 1.71. The first-order valence-electron chi connectivity index (χ1n) is 8.77. The van der Waals surface area contributed by atoms with Crippen molar-refractivity contribution in [1.82, 2.24) is 4.98 Å². The van der Waals surface area contributed by atoms with Crippen LogP contribution >= 0.6 is 0 Å². The maximum Gasteiger partial charge on any atom is 0.138 e. The first-order chi connectivity index (χ1) is 13.5. The second-order valence-electron chi connectivity index (χ2n) is 6.76. The molecule has 3 aromatic rings. The van der Waals surface area contributed by atoms with Crippen molar-refractivity contribution in [1.29, 1.82) is 10.5 Å². The highest BCUT2D eigenvalue weighted by Crippen LogP contribution is 2.29. The monoisotopic (exact) mass is 369 g/mol. The van der Waals surface area contributed by atoms with Crippen molar-refractivity contribution in [2.75, 3.05) is 0 Å². The molecular weight excluding hydrogens is 350 g/mol. The molecule has 138 valence electrons. The minimum Gasteiger partial charge on any atom is -0.487 e. The average Bonchev–Trinajstić information content (AvgIpc) is 2.73. The first-order valence-corrected chi connectivity index (χ1v) is 8.77. The standard InChI is InChI=1S/C23H19N3O2/c1-23(2,28-21-8-6-17(12-24)7-9-21)20-11-22(15-26-14-20)27-16-19-5-3-4-18(10-19)13-25/h3-11,14-15H,16H2,1-2H3. The van der Waals surface area contributed by atoms with Crippen LogP contribution in [0.2, 0.25) is 0 Å². The fourth-order valence-electron chi connectivity index (χ4n) is 2.68. The lowest BCUT2D eigenvalue weighted by atomic mass is 10.00. The van der Waals surface area contributed by atoms with Crippen molar-refractivity contribution in [3.63, 3.8) is 0 Å². The maximum absolute atomic E-state index is 8.99. The average molecular weight is 369 g/mol. The van der Waals surface area contributed by atoms with Crippen LogP contribution < -0.4 is 9.47 Å². The Labute approximate surface area is 164 Å². The van der Waals surface area contributed by atoms with Crippen LogP contribution in [0.5, 0.6) is 11.5 Å². The zero-order valence-corrected chi connectivity index (χ0v) is 15.7. The molecule has 1 aromatic heterocycles. The van der Waals surface area contributed by atoms with Gasteiger partial charge in [0.15, 0.2) is 0 Å². The second kappa shape index (κ2) is 8.24. The van der Waals surface area contributed by atoms with E-state index in [9.17, 15) is 0 Å². The maximum atomic E-state index is 8.99. The van der Waals surface area contributed by atoms with Gasteiger partial charge in [-0.15, -0.1) is 0 Å². The lowest BCUT2D eigenvalue weighted by molar-refractivity contribution is 0.108. The van der Waals surface area contributed by atoms with Gasteiger partial charge in [-0.2, -0.15) is 10.5 Å². The fraction of sp³-hybridized carbons (Fsp3) is 0.174.